The summed E-state index contributed by atoms with van der Waals surface area (Å²) in [6, 6.07) is 5.22. The van der Waals surface area contributed by atoms with Gasteiger partial charge in [0.05, 0.1) is 41.4 Å². The molecule has 22 heavy (non-hydrogen) atoms. The van der Waals surface area contributed by atoms with Crippen molar-refractivity contribution in [3.63, 3.8) is 0 Å². The molecule has 7 heteroatoms. The van der Waals surface area contributed by atoms with Crippen LogP contribution < -0.4 is 15.4 Å². The lowest BCUT2D eigenvalue weighted by Gasteiger charge is -2.10. The Bertz CT molecular complexity index is 697. The van der Waals surface area contributed by atoms with Crippen LogP contribution in [-0.2, 0) is 11.8 Å². The third-order valence-corrected chi connectivity index (χ3v) is 3.72. The first-order chi connectivity index (χ1) is 10.4. The van der Waals surface area contributed by atoms with Crippen LogP contribution in [0.25, 0.3) is 0 Å². The zero-order valence-corrected chi connectivity index (χ0v) is 13.8. The van der Waals surface area contributed by atoms with Gasteiger partial charge in [0, 0.05) is 13.1 Å². The van der Waals surface area contributed by atoms with Gasteiger partial charge in [-0.3, -0.25) is 9.48 Å². The molecule has 1 aromatic carbocycles. The highest BCUT2D eigenvalue weighted by Crippen LogP contribution is 2.26. The van der Waals surface area contributed by atoms with Gasteiger partial charge in [-0.1, -0.05) is 11.6 Å². The van der Waals surface area contributed by atoms with E-state index in [9.17, 15) is 4.79 Å². The van der Waals surface area contributed by atoms with E-state index in [4.69, 9.17) is 16.3 Å². The topological polar surface area (TPSA) is 68.2 Å². The van der Waals surface area contributed by atoms with Gasteiger partial charge in [0.1, 0.15) is 5.75 Å². The molecular formula is C15H19ClN4O2. The van der Waals surface area contributed by atoms with E-state index in [1.807, 2.05) is 20.9 Å². The Morgan fingerprint density at radius 1 is 1.41 bits per heavy atom. The van der Waals surface area contributed by atoms with E-state index in [2.05, 4.69) is 15.7 Å². The summed E-state index contributed by atoms with van der Waals surface area (Å²) in [5.74, 6) is 0.504. The molecule has 0 unspecified atom stereocenters. The lowest BCUT2D eigenvalue weighted by Crippen LogP contribution is -2.22. The van der Waals surface area contributed by atoms with Crippen molar-refractivity contribution in [2.24, 2.45) is 7.05 Å². The molecule has 0 fully saturated rings. The summed E-state index contributed by atoms with van der Waals surface area (Å²) in [5, 5.41) is 10.7. The van der Waals surface area contributed by atoms with Gasteiger partial charge in [-0.2, -0.15) is 5.10 Å². The van der Waals surface area contributed by atoms with Crippen molar-refractivity contribution in [2.45, 2.75) is 13.8 Å². The Balaban J connectivity index is 2.01. The first-order valence-corrected chi connectivity index (χ1v) is 7.17. The fourth-order valence-corrected chi connectivity index (χ4v) is 2.26. The van der Waals surface area contributed by atoms with Crippen molar-refractivity contribution < 1.29 is 9.53 Å². The average Bonchev–Trinajstić information content (AvgIpc) is 2.73. The van der Waals surface area contributed by atoms with Crippen molar-refractivity contribution in [1.29, 1.82) is 0 Å². The number of ether oxygens (including phenoxy) is 1. The number of hydrogen-bond donors (Lipinski definition) is 2. The number of aryl methyl sites for hydroxylation is 2. The number of benzene rings is 1. The SMILES string of the molecule is COc1ccc(Cl)c(NCC(=O)Nc2c(C)nn(C)c2C)c1. The van der Waals surface area contributed by atoms with Gasteiger partial charge in [0.25, 0.3) is 0 Å². The number of methoxy groups -OCH3 is 1. The fraction of sp³-hybridized carbons (Fsp3) is 0.333. The largest absolute Gasteiger partial charge is 0.497 e. The zero-order valence-electron chi connectivity index (χ0n) is 13.0. The Morgan fingerprint density at radius 2 is 2.14 bits per heavy atom. The van der Waals surface area contributed by atoms with Crippen LogP contribution in [0, 0.1) is 13.8 Å². The number of anilines is 2. The molecule has 0 saturated carbocycles. The highest BCUT2D eigenvalue weighted by atomic mass is 35.5. The molecule has 2 rings (SSSR count). The minimum Gasteiger partial charge on any atom is -0.497 e. The molecule has 0 aliphatic heterocycles. The number of carbonyl (C=O) groups excluding carboxylic acids is 1. The van der Waals surface area contributed by atoms with Crippen LogP contribution >= 0.6 is 11.6 Å². The highest BCUT2D eigenvalue weighted by molar-refractivity contribution is 6.33. The average molecular weight is 323 g/mol. The predicted molar refractivity (Wildman–Crippen MR) is 87.8 cm³/mol. The zero-order chi connectivity index (χ0) is 16.3. The quantitative estimate of drug-likeness (QED) is 0.888. The summed E-state index contributed by atoms with van der Waals surface area (Å²) < 4.78 is 6.87. The van der Waals surface area contributed by atoms with Crippen molar-refractivity contribution in [3.8, 4) is 5.75 Å². The number of nitrogens with one attached hydrogen (secondary N) is 2. The molecule has 1 aromatic heterocycles. The molecule has 6 nitrogen and oxygen atoms in total. The molecule has 2 N–H and O–H groups in total. The smallest absolute Gasteiger partial charge is 0.243 e. The van der Waals surface area contributed by atoms with E-state index in [1.165, 1.54) is 0 Å². The molecule has 0 bridgehead atoms. The third-order valence-electron chi connectivity index (χ3n) is 3.39. The van der Waals surface area contributed by atoms with Gasteiger partial charge in [-0.15, -0.1) is 0 Å². The van der Waals surface area contributed by atoms with E-state index in [1.54, 1.807) is 30.0 Å². The van der Waals surface area contributed by atoms with E-state index >= 15 is 0 Å². The number of nitrogens with zero attached hydrogens (tertiary/aromatic N) is 2. The lowest BCUT2D eigenvalue weighted by atomic mass is 10.3. The van der Waals surface area contributed by atoms with Crippen molar-refractivity contribution in [1.82, 2.24) is 9.78 Å². The first-order valence-electron chi connectivity index (χ1n) is 6.80. The van der Waals surface area contributed by atoms with Gasteiger partial charge >= 0.3 is 0 Å². The van der Waals surface area contributed by atoms with E-state index < -0.39 is 0 Å². The standard InChI is InChI=1S/C15H19ClN4O2/c1-9-15(10(2)20(3)19-9)18-14(21)8-17-13-7-11(22-4)5-6-12(13)16/h5-7,17H,8H2,1-4H3,(H,18,21). The number of amides is 1. The molecule has 0 atom stereocenters. The summed E-state index contributed by atoms with van der Waals surface area (Å²) in [5.41, 5.74) is 3.08. The predicted octanol–water partition coefficient (Wildman–Crippen LogP) is 2.75. The van der Waals surface area contributed by atoms with Crippen LogP contribution in [0.1, 0.15) is 11.4 Å². The summed E-state index contributed by atoms with van der Waals surface area (Å²) in [6.45, 7) is 3.86. The second-order valence-corrected chi connectivity index (χ2v) is 5.32. The van der Waals surface area contributed by atoms with Gasteiger partial charge in [-0.25, -0.2) is 0 Å². The molecule has 1 heterocycles. The molecule has 1 amide bonds. The Morgan fingerprint density at radius 3 is 2.73 bits per heavy atom. The number of rotatable bonds is 5. The molecule has 0 radical (unpaired) electrons. The van der Waals surface area contributed by atoms with Crippen LogP contribution in [0.15, 0.2) is 18.2 Å². The number of hydrogen-bond acceptors (Lipinski definition) is 4. The summed E-state index contributed by atoms with van der Waals surface area (Å²) in [4.78, 5) is 12.1. The maximum Gasteiger partial charge on any atom is 0.243 e. The van der Waals surface area contributed by atoms with Crippen LogP contribution in [0.5, 0.6) is 5.75 Å². The van der Waals surface area contributed by atoms with E-state index in [0.717, 1.165) is 17.1 Å². The maximum absolute atomic E-state index is 12.1. The van der Waals surface area contributed by atoms with E-state index in [0.29, 0.717) is 16.5 Å². The number of aromatic nitrogens is 2. The minimum absolute atomic E-state index is 0.0979. The first kappa shape index (κ1) is 16.2. The molecule has 0 aliphatic carbocycles. The molecule has 0 saturated heterocycles. The molecule has 118 valence electrons. The van der Waals surface area contributed by atoms with E-state index in [-0.39, 0.29) is 12.5 Å². The van der Waals surface area contributed by atoms with Gasteiger partial charge in [-0.05, 0) is 26.0 Å². The molecule has 0 spiro atoms. The Hall–Kier alpha value is -2.21. The number of carbonyl (C=O) groups is 1. The third kappa shape index (κ3) is 3.51. The summed E-state index contributed by atoms with van der Waals surface area (Å²) >= 11 is 6.09. The van der Waals surface area contributed by atoms with Gasteiger partial charge in [0.15, 0.2) is 0 Å². The van der Waals surface area contributed by atoms with Crippen LogP contribution in [0.4, 0.5) is 11.4 Å². The van der Waals surface area contributed by atoms with Crippen molar-refractivity contribution in [2.75, 3.05) is 24.3 Å². The fourth-order valence-electron chi connectivity index (χ4n) is 2.08. The van der Waals surface area contributed by atoms with Crippen LogP contribution in [-0.4, -0.2) is 29.3 Å². The minimum atomic E-state index is -0.168. The van der Waals surface area contributed by atoms with Gasteiger partial charge in [0.2, 0.25) is 5.91 Å². The Labute approximate surface area is 134 Å². The van der Waals surface area contributed by atoms with Crippen LogP contribution in [0.3, 0.4) is 0 Å². The summed E-state index contributed by atoms with van der Waals surface area (Å²) in [7, 11) is 3.42. The normalized spacial score (nSPS) is 10.4. The summed E-state index contributed by atoms with van der Waals surface area (Å²) in [6.07, 6.45) is 0. The highest BCUT2D eigenvalue weighted by Gasteiger charge is 2.12. The molecule has 0 aliphatic rings. The van der Waals surface area contributed by atoms with Crippen molar-refractivity contribution in [3.05, 3.63) is 34.6 Å². The Kier molecular flexibility index (Phi) is 4.92. The monoisotopic (exact) mass is 322 g/mol. The van der Waals surface area contributed by atoms with Gasteiger partial charge < -0.3 is 15.4 Å². The lowest BCUT2D eigenvalue weighted by molar-refractivity contribution is -0.114. The second-order valence-electron chi connectivity index (χ2n) is 4.92. The number of halogens is 1. The van der Waals surface area contributed by atoms with Crippen LogP contribution in [0.2, 0.25) is 5.02 Å². The van der Waals surface area contributed by atoms with Crippen molar-refractivity contribution >= 4 is 28.9 Å². The molecule has 2 aromatic rings. The second kappa shape index (κ2) is 6.70. The molecular weight excluding hydrogens is 304 g/mol. The maximum atomic E-state index is 12.1.